The average Bonchev–Trinajstić information content (AvgIpc) is 3.00. The number of nitrogens with one attached hydrogen (secondary N) is 1. The summed E-state index contributed by atoms with van der Waals surface area (Å²) in [7, 11) is 0. The molecule has 0 aliphatic heterocycles. The zero-order chi connectivity index (χ0) is 17.8. The zero-order valence-corrected chi connectivity index (χ0v) is 14.7. The van der Waals surface area contributed by atoms with Crippen molar-refractivity contribution in [2.75, 3.05) is 5.32 Å². The summed E-state index contributed by atoms with van der Waals surface area (Å²) in [4.78, 5) is 12.4. The van der Waals surface area contributed by atoms with Gasteiger partial charge in [0.25, 0.3) is 5.91 Å². The molecule has 5 nitrogen and oxygen atoms in total. The van der Waals surface area contributed by atoms with Crippen molar-refractivity contribution in [1.29, 1.82) is 0 Å². The summed E-state index contributed by atoms with van der Waals surface area (Å²) in [5.41, 5.74) is 2.03. The van der Waals surface area contributed by atoms with Gasteiger partial charge in [0, 0.05) is 12.2 Å². The third kappa shape index (κ3) is 4.00. The van der Waals surface area contributed by atoms with Crippen molar-refractivity contribution in [1.82, 2.24) is 9.78 Å². The van der Waals surface area contributed by atoms with Crippen molar-refractivity contribution in [3.05, 3.63) is 71.0 Å². The van der Waals surface area contributed by atoms with Gasteiger partial charge in [0.1, 0.15) is 17.2 Å². The molecule has 0 atom stereocenters. The van der Waals surface area contributed by atoms with Gasteiger partial charge in [-0.15, -0.1) is 0 Å². The van der Waals surface area contributed by atoms with Crippen molar-refractivity contribution in [3.63, 3.8) is 0 Å². The van der Waals surface area contributed by atoms with Crippen LogP contribution in [0.2, 0.25) is 5.02 Å². The molecule has 1 aromatic heterocycles. The molecule has 0 spiro atoms. The first-order valence-corrected chi connectivity index (χ1v) is 8.33. The first-order chi connectivity index (χ1) is 12.1. The van der Waals surface area contributed by atoms with Gasteiger partial charge in [0.05, 0.1) is 10.7 Å². The molecule has 0 unspecified atom stereocenters. The zero-order valence-electron chi connectivity index (χ0n) is 14.0. The maximum atomic E-state index is 12.4. The Balaban J connectivity index is 1.70. The van der Waals surface area contributed by atoms with Gasteiger partial charge < -0.3 is 10.1 Å². The number of ether oxygens (including phenoxy) is 1. The van der Waals surface area contributed by atoms with E-state index < -0.39 is 0 Å². The molecule has 0 aliphatic carbocycles. The highest BCUT2D eigenvalue weighted by atomic mass is 35.5. The van der Waals surface area contributed by atoms with Gasteiger partial charge in [0.15, 0.2) is 0 Å². The van der Waals surface area contributed by atoms with E-state index in [2.05, 4.69) is 10.4 Å². The smallest absolute Gasteiger partial charge is 0.273 e. The molecule has 3 rings (SSSR count). The van der Waals surface area contributed by atoms with E-state index in [1.807, 2.05) is 26.0 Å². The molecular weight excluding hydrogens is 338 g/mol. The molecule has 6 heteroatoms. The Morgan fingerprint density at radius 2 is 1.92 bits per heavy atom. The first kappa shape index (κ1) is 17.0. The number of rotatable bonds is 5. The molecule has 0 fully saturated rings. The van der Waals surface area contributed by atoms with Gasteiger partial charge in [-0.25, -0.2) is 0 Å². The second kappa shape index (κ2) is 7.40. The summed E-state index contributed by atoms with van der Waals surface area (Å²) >= 11 is 6.08. The van der Waals surface area contributed by atoms with E-state index in [0.717, 1.165) is 5.69 Å². The van der Waals surface area contributed by atoms with Crippen molar-refractivity contribution in [2.24, 2.45) is 0 Å². The lowest BCUT2D eigenvalue weighted by molar-refractivity contribution is 0.101. The lowest BCUT2D eigenvalue weighted by atomic mass is 10.2. The van der Waals surface area contributed by atoms with E-state index in [4.69, 9.17) is 16.3 Å². The standard InChI is InChI=1S/C19H18ClN3O2/c1-3-23-17(12-13(2)22-23)19(24)21-14-8-10-15(11-9-14)25-18-7-5-4-6-16(18)20/h4-12H,3H2,1-2H3,(H,21,24). The van der Waals surface area contributed by atoms with Crippen molar-refractivity contribution in [3.8, 4) is 11.5 Å². The molecule has 2 aromatic carbocycles. The van der Waals surface area contributed by atoms with Crippen LogP contribution in [0, 0.1) is 6.92 Å². The number of hydrogen-bond acceptors (Lipinski definition) is 3. The number of anilines is 1. The van der Waals surface area contributed by atoms with Crippen molar-refractivity contribution >= 4 is 23.2 Å². The van der Waals surface area contributed by atoms with Gasteiger partial charge in [0.2, 0.25) is 0 Å². The molecule has 0 saturated carbocycles. The minimum absolute atomic E-state index is 0.192. The number of hydrogen-bond donors (Lipinski definition) is 1. The fourth-order valence-electron chi connectivity index (χ4n) is 2.43. The molecule has 25 heavy (non-hydrogen) atoms. The summed E-state index contributed by atoms with van der Waals surface area (Å²) in [6.45, 7) is 4.45. The first-order valence-electron chi connectivity index (χ1n) is 7.95. The maximum absolute atomic E-state index is 12.4. The van der Waals surface area contributed by atoms with E-state index in [1.165, 1.54) is 0 Å². The van der Waals surface area contributed by atoms with Crippen LogP contribution in [-0.2, 0) is 6.54 Å². The molecule has 128 valence electrons. The number of carbonyl (C=O) groups is 1. The number of aryl methyl sites for hydroxylation is 2. The molecule has 1 N–H and O–H groups in total. The monoisotopic (exact) mass is 355 g/mol. The fourth-order valence-corrected chi connectivity index (χ4v) is 2.60. The van der Waals surface area contributed by atoms with Crippen LogP contribution >= 0.6 is 11.6 Å². The van der Waals surface area contributed by atoms with Crippen molar-refractivity contribution in [2.45, 2.75) is 20.4 Å². The fraction of sp³-hybridized carbons (Fsp3) is 0.158. The second-order valence-corrected chi connectivity index (χ2v) is 5.90. The number of amides is 1. The molecule has 0 bridgehead atoms. The molecule has 1 amide bonds. The van der Waals surface area contributed by atoms with Crippen LogP contribution < -0.4 is 10.1 Å². The van der Waals surface area contributed by atoms with Crippen LogP contribution in [0.15, 0.2) is 54.6 Å². The Kier molecular flexibility index (Phi) is 5.05. The van der Waals surface area contributed by atoms with Crippen LogP contribution in [0.5, 0.6) is 11.5 Å². The lowest BCUT2D eigenvalue weighted by Crippen LogP contribution is -2.17. The molecule has 0 aliphatic rings. The average molecular weight is 356 g/mol. The third-order valence-corrected chi connectivity index (χ3v) is 3.92. The van der Waals surface area contributed by atoms with Crippen LogP contribution in [0.4, 0.5) is 5.69 Å². The number of benzene rings is 2. The highest BCUT2D eigenvalue weighted by molar-refractivity contribution is 6.32. The summed E-state index contributed by atoms with van der Waals surface area (Å²) in [6, 6.07) is 16.2. The quantitative estimate of drug-likeness (QED) is 0.707. The van der Waals surface area contributed by atoms with Crippen LogP contribution in [0.3, 0.4) is 0 Å². The lowest BCUT2D eigenvalue weighted by Gasteiger charge is -2.09. The Bertz CT molecular complexity index is 888. The summed E-state index contributed by atoms with van der Waals surface area (Å²) in [6.07, 6.45) is 0. The summed E-state index contributed by atoms with van der Waals surface area (Å²) < 4.78 is 7.41. The number of carbonyl (C=O) groups excluding carboxylic acids is 1. The normalized spacial score (nSPS) is 10.5. The Hall–Kier alpha value is -2.79. The van der Waals surface area contributed by atoms with E-state index in [1.54, 1.807) is 47.1 Å². The largest absolute Gasteiger partial charge is 0.456 e. The Morgan fingerprint density at radius 1 is 1.20 bits per heavy atom. The van der Waals surface area contributed by atoms with E-state index in [0.29, 0.717) is 34.4 Å². The van der Waals surface area contributed by atoms with Gasteiger partial charge in [-0.2, -0.15) is 5.10 Å². The second-order valence-electron chi connectivity index (χ2n) is 5.50. The topological polar surface area (TPSA) is 56.2 Å². The highest BCUT2D eigenvalue weighted by Crippen LogP contribution is 2.29. The molecule has 1 heterocycles. The van der Waals surface area contributed by atoms with E-state index >= 15 is 0 Å². The minimum atomic E-state index is -0.192. The number of aromatic nitrogens is 2. The van der Waals surface area contributed by atoms with Crippen LogP contribution in [-0.4, -0.2) is 15.7 Å². The van der Waals surface area contributed by atoms with E-state index in [9.17, 15) is 4.79 Å². The minimum Gasteiger partial charge on any atom is -0.456 e. The van der Waals surface area contributed by atoms with Gasteiger partial charge in [-0.3, -0.25) is 9.48 Å². The van der Waals surface area contributed by atoms with Gasteiger partial charge in [-0.1, -0.05) is 23.7 Å². The predicted molar refractivity (Wildman–Crippen MR) is 98.6 cm³/mol. The number of para-hydroxylation sites is 1. The van der Waals surface area contributed by atoms with E-state index in [-0.39, 0.29) is 5.91 Å². The highest BCUT2D eigenvalue weighted by Gasteiger charge is 2.13. The number of halogens is 1. The third-order valence-electron chi connectivity index (χ3n) is 3.61. The maximum Gasteiger partial charge on any atom is 0.273 e. The number of nitrogens with zero attached hydrogens (tertiary/aromatic N) is 2. The summed E-state index contributed by atoms with van der Waals surface area (Å²) in [5, 5.41) is 7.70. The molecule has 0 radical (unpaired) electrons. The Morgan fingerprint density at radius 3 is 2.60 bits per heavy atom. The van der Waals surface area contributed by atoms with Crippen LogP contribution in [0.1, 0.15) is 23.1 Å². The van der Waals surface area contributed by atoms with Gasteiger partial charge >= 0.3 is 0 Å². The molecular formula is C19H18ClN3O2. The molecule has 3 aromatic rings. The Labute approximate surface area is 151 Å². The van der Waals surface area contributed by atoms with Gasteiger partial charge in [-0.05, 0) is 56.3 Å². The summed E-state index contributed by atoms with van der Waals surface area (Å²) in [5.74, 6) is 1.03. The SMILES string of the molecule is CCn1nc(C)cc1C(=O)Nc1ccc(Oc2ccccc2Cl)cc1. The van der Waals surface area contributed by atoms with Crippen LogP contribution in [0.25, 0.3) is 0 Å². The predicted octanol–water partition coefficient (Wildman–Crippen LogP) is 4.91. The molecule has 0 saturated heterocycles. The van der Waals surface area contributed by atoms with Crippen molar-refractivity contribution < 1.29 is 9.53 Å².